The molecule has 2 saturated heterocycles. The predicted molar refractivity (Wildman–Crippen MR) is 391 cm³/mol. The quantitative estimate of drug-likeness (QED) is 0.0428. The van der Waals surface area contributed by atoms with E-state index in [9.17, 15) is 59.4 Å². The molecule has 10 aromatic rings. The number of hydrogen-bond donors (Lipinski definition) is 0. The Labute approximate surface area is 648 Å². The van der Waals surface area contributed by atoms with E-state index in [1.165, 1.54) is 60.4 Å². The Bertz CT molecular complexity index is 6240. The maximum absolute atomic E-state index is 15.6. The summed E-state index contributed by atoms with van der Waals surface area (Å²) in [5, 5.41) is -2.64. The summed E-state index contributed by atoms with van der Waals surface area (Å²) in [5.41, 5.74) is -16.4. The Hall–Kier alpha value is -9.04. The number of halogens is 10. The molecule has 0 spiro atoms. The molecule has 8 aromatic carbocycles. The number of aromatic nitrogens is 2. The van der Waals surface area contributed by atoms with Crippen LogP contribution < -0.4 is 10.9 Å². The number of amides is 2. The van der Waals surface area contributed by atoms with Crippen LogP contribution in [0, 0.1) is 30.2 Å². The molecule has 0 atom stereocenters. The van der Waals surface area contributed by atoms with Gasteiger partial charge in [0.25, 0.3) is 0 Å². The van der Waals surface area contributed by atoms with Gasteiger partial charge in [0.2, 0.25) is 11.8 Å². The molecule has 550 valence electrons. The lowest BCUT2D eigenvalue weighted by atomic mass is 10.00. The molecular weight excluding hydrogens is 1410 g/mol. The molecule has 2 aliphatic rings. The van der Waals surface area contributed by atoms with Crippen LogP contribution in [-0.4, -0.2) is 119 Å². The third-order valence-electron chi connectivity index (χ3n) is 16.5. The lowest BCUT2D eigenvalue weighted by molar-refractivity contribution is -0.138. The molecule has 2 amide bonds. The first kappa shape index (κ1) is 48.9. The van der Waals surface area contributed by atoms with E-state index in [-0.39, 0.29) is 103 Å². The summed E-state index contributed by atoms with van der Waals surface area (Å²) in [7, 11) is 2.60. The minimum atomic E-state index is -5.41. The molecule has 0 bridgehead atoms. The van der Waals surface area contributed by atoms with Gasteiger partial charge in [0, 0.05) is 135 Å². The Morgan fingerprint density at radius 3 is 1.63 bits per heavy atom. The number of methoxy groups -OCH3 is 2. The number of likely N-dealkylation sites (tertiary alicyclic amines) is 2. The Balaban J connectivity index is 0.000000262. The zero-order valence-electron chi connectivity index (χ0n) is 82.6. The molecule has 2 aliphatic heterocycles. The minimum absolute atomic E-state index is 0.0140. The number of alkyl halides is 6. The number of ether oxygens (including phenoxy) is 2. The lowest BCUT2D eigenvalue weighted by Crippen LogP contribution is -2.48. The van der Waals surface area contributed by atoms with Crippen molar-refractivity contribution in [1.29, 1.82) is 0 Å². The number of fused-ring (bicyclic) bond motifs is 2. The average Bonchev–Trinajstić information content (AvgIpc) is 0.707. The van der Waals surface area contributed by atoms with Crippen molar-refractivity contribution in [2.75, 3.05) is 66.6 Å². The molecule has 105 heavy (non-hydrogen) atoms. The van der Waals surface area contributed by atoms with Gasteiger partial charge in [0.1, 0.15) is 13.0 Å². The third kappa shape index (κ3) is 19.5. The van der Waals surface area contributed by atoms with Crippen molar-refractivity contribution < 1.29 is 100.0 Å². The number of piperidine rings is 2. The van der Waals surface area contributed by atoms with Crippen LogP contribution in [0.15, 0.2) is 207 Å². The molecular formula is C81H78F10N6O6S2. The summed E-state index contributed by atoms with van der Waals surface area (Å²) in [4.78, 5) is 62.6. The molecule has 0 saturated carbocycles. The van der Waals surface area contributed by atoms with Crippen molar-refractivity contribution in [1.82, 2.24) is 28.7 Å². The van der Waals surface area contributed by atoms with E-state index in [0.717, 1.165) is 47.9 Å². The van der Waals surface area contributed by atoms with Crippen molar-refractivity contribution in [2.24, 2.45) is 0 Å². The van der Waals surface area contributed by atoms with Crippen LogP contribution >= 0.6 is 23.5 Å². The van der Waals surface area contributed by atoms with Crippen molar-refractivity contribution in [3.63, 3.8) is 0 Å². The standard InChI is InChI=1S/C41H40F5N3O3S.C40H38F5N3O3S/c1-27-6-15-36-34(22-27)37(50)23-39(53-26-31-4-3-5-35(42)40(31)43)49(36)25-38(51)48(33-16-18-47(19-17-33)20-21-52-2)24-28-7-9-29(10-8-28)30-11-13-32(14-12-30)41(44,45)46;1-51-22-21-46-19-17-32(18-20-46)47(24-27-9-11-28(12-10-27)29-13-15-31(16-14-29)40(43,44)45)37(50)25-48-35-8-3-2-6-33(35)36(49)23-38(48)52-26-30-5-4-7-34(41)39(30)42/h3-15,22-23,33H,16-21,24-26H2,1-2H3;2-16,23,32H,17-22,24-26H2,1H3/i3D,4D,5D,6D,7D,8D,9D,10D,11D,12D,13D,14D,15D,20D2,22D,23D,25D2,26D2;21D2,25D2,26D2. The summed E-state index contributed by atoms with van der Waals surface area (Å²) < 4.78 is 387. The predicted octanol–water partition coefficient (Wildman–Crippen LogP) is 17.1. The molecule has 0 N–H and O–H groups in total. The molecule has 12 nitrogen and oxygen atoms in total. The van der Waals surface area contributed by atoms with Crippen LogP contribution in [0.4, 0.5) is 43.9 Å². The second-order valence-electron chi connectivity index (χ2n) is 23.5. The Kier molecular flexibility index (Phi) is 16.3. The van der Waals surface area contributed by atoms with Gasteiger partial charge < -0.3 is 38.2 Å². The van der Waals surface area contributed by atoms with E-state index < -0.39 is 278 Å². The number of pyridine rings is 2. The first-order valence-corrected chi connectivity index (χ1v) is 33.5. The monoisotopic (exact) mass is 1510 g/mol. The normalized spacial score (nSPS) is 18.7. The number of carbonyl (C=O) groups is 2. The van der Waals surface area contributed by atoms with Gasteiger partial charge >= 0.3 is 12.4 Å². The van der Waals surface area contributed by atoms with Crippen LogP contribution in [-0.2, 0) is 68.9 Å². The second kappa shape index (κ2) is 34.9. The third-order valence-corrected chi connectivity index (χ3v) is 18.2. The number of thioether (sulfide) groups is 2. The van der Waals surface area contributed by atoms with Crippen LogP contribution in [0.2, 0.25) is 0 Å². The summed E-state index contributed by atoms with van der Waals surface area (Å²) in [6, 6.07) is 0.0678. The maximum atomic E-state index is 15.6. The van der Waals surface area contributed by atoms with Crippen LogP contribution in [0.1, 0.15) is 102 Å². The summed E-state index contributed by atoms with van der Waals surface area (Å²) >= 11 is -0.255. The number of hydrogen-bond acceptors (Lipinski definition) is 10. The highest BCUT2D eigenvalue weighted by molar-refractivity contribution is 7.98. The topological polar surface area (TPSA) is 110 Å². The van der Waals surface area contributed by atoms with E-state index in [1.54, 1.807) is 29.2 Å². The van der Waals surface area contributed by atoms with Gasteiger partial charge in [-0.25, -0.2) is 17.6 Å². The molecule has 0 unspecified atom stereocenters. The van der Waals surface area contributed by atoms with E-state index in [4.69, 9.17) is 41.0 Å². The van der Waals surface area contributed by atoms with Gasteiger partial charge in [0.05, 0.1) is 71.5 Å². The lowest BCUT2D eigenvalue weighted by Gasteiger charge is -2.39. The fourth-order valence-electron chi connectivity index (χ4n) is 11.2. The highest BCUT2D eigenvalue weighted by Gasteiger charge is 2.34. The smallest absolute Gasteiger partial charge is 0.383 e. The fraction of sp³-hybridized carbons (Fsp3) is 0.309. The van der Waals surface area contributed by atoms with Crippen molar-refractivity contribution in [3.05, 3.63) is 270 Å². The molecule has 4 heterocycles. The van der Waals surface area contributed by atoms with Gasteiger partial charge in [-0.05, 0) is 127 Å². The van der Waals surface area contributed by atoms with Crippen LogP contribution in [0.25, 0.3) is 44.1 Å². The molecule has 24 heteroatoms. The first-order chi connectivity index (χ1) is 61.2. The number of carbonyl (C=O) groups excluding carboxylic acids is 2. The molecule has 0 radical (unpaired) electrons. The van der Waals surface area contributed by atoms with Crippen molar-refractivity contribution in [2.45, 2.75) is 105 Å². The zero-order valence-corrected chi connectivity index (χ0v) is 57.2. The number of nitrogens with zero attached hydrogens (tertiary/aromatic N) is 6. The highest BCUT2D eigenvalue weighted by atomic mass is 32.2. The Morgan fingerprint density at radius 1 is 0.524 bits per heavy atom. The average molecular weight is 1510 g/mol. The van der Waals surface area contributed by atoms with Gasteiger partial charge in [0.15, 0.2) is 34.1 Å². The van der Waals surface area contributed by atoms with Gasteiger partial charge in [-0.15, -0.1) is 23.5 Å². The Morgan fingerprint density at radius 2 is 1.05 bits per heavy atom. The summed E-state index contributed by atoms with van der Waals surface area (Å²) in [6.45, 7) is -11.9. The molecule has 12 rings (SSSR count). The van der Waals surface area contributed by atoms with E-state index in [1.807, 2.05) is 0 Å². The largest absolute Gasteiger partial charge is 0.416 e. The van der Waals surface area contributed by atoms with Gasteiger partial charge in [-0.3, -0.25) is 19.2 Å². The number of benzene rings is 8. The summed E-state index contributed by atoms with van der Waals surface area (Å²) in [6.07, 6.45) is -10.0. The van der Waals surface area contributed by atoms with E-state index in [2.05, 4.69) is 0 Å². The van der Waals surface area contributed by atoms with Gasteiger partial charge in [-0.2, -0.15) is 26.3 Å². The van der Waals surface area contributed by atoms with Crippen LogP contribution in [0.3, 0.4) is 0 Å². The maximum Gasteiger partial charge on any atom is 0.416 e. The highest BCUT2D eigenvalue weighted by Crippen LogP contribution is 2.36. The molecule has 2 aromatic heterocycles. The molecule has 2 fully saturated rings. The first-order valence-electron chi connectivity index (χ1n) is 45.4. The fourth-order valence-corrected chi connectivity index (χ4v) is 12.7. The minimum Gasteiger partial charge on any atom is -0.383 e. The van der Waals surface area contributed by atoms with Crippen molar-refractivity contribution >= 4 is 57.1 Å². The van der Waals surface area contributed by atoms with Gasteiger partial charge in [-0.1, -0.05) is 121 Å². The van der Waals surface area contributed by atoms with E-state index in [0.29, 0.717) is 21.6 Å². The number of rotatable bonds is 24. The summed E-state index contributed by atoms with van der Waals surface area (Å²) in [5.74, 6) is -9.96. The SMILES string of the molecule is [2H]C([2H])(Sc1cc(=O)c2ccccc2n1C([2H])([2H])C(=O)N(Cc1ccc(-c2ccc(C(F)(F)F)cc2)cc1)C1CCN(C([2H])([2H])COC)CC1)c1cccc(F)c1F.[2H]c1c([2H])c(F)c(F)c(C([2H])([2H])Sc2c([2H])c(=O)c3c([2H])c(C)c([2H])c([2H])c3n2C([2H])([2H])C(=O)N(Cc2c([2H])c([2H])c(-c3c([2H])c([2H])c(C(F)(F)F)c([2H])c3[2H])c([2H])c2[2H])C2CCN(C([2H])([2H])COC)CC2)c1[2H]. The zero-order chi connectivity index (χ0) is 98.3. The second-order valence-corrected chi connectivity index (χ2v) is 25.1. The molecule has 0 aliphatic carbocycles. The van der Waals surface area contributed by atoms with Crippen molar-refractivity contribution in [3.8, 4) is 22.3 Å². The van der Waals surface area contributed by atoms with Crippen LogP contribution in [0.5, 0.6) is 0 Å². The number of para-hydroxylation sites is 1. The van der Waals surface area contributed by atoms with E-state index >= 15 is 9.18 Å².